The first-order valence-electron chi connectivity index (χ1n) is 15.3. The van der Waals surface area contributed by atoms with Crippen LogP contribution >= 0.6 is 11.9 Å². The van der Waals surface area contributed by atoms with E-state index in [2.05, 4.69) is 69.9 Å². The summed E-state index contributed by atoms with van der Waals surface area (Å²) in [6, 6.07) is 23.7. The molecule has 1 fully saturated rings. The fourth-order valence-electron chi connectivity index (χ4n) is 5.31. The Kier molecular flexibility index (Phi) is 11.8. The lowest BCUT2D eigenvalue weighted by molar-refractivity contribution is -0.145. The summed E-state index contributed by atoms with van der Waals surface area (Å²) in [6.45, 7) is 10.5. The van der Waals surface area contributed by atoms with Gasteiger partial charge in [0.25, 0.3) is 0 Å². The quantitative estimate of drug-likeness (QED) is 0.243. The van der Waals surface area contributed by atoms with Crippen molar-refractivity contribution in [3.63, 3.8) is 0 Å². The van der Waals surface area contributed by atoms with Crippen molar-refractivity contribution in [1.29, 1.82) is 0 Å². The summed E-state index contributed by atoms with van der Waals surface area (Å²) in [5, 5.41) is 2.93. The fraction of sp³-hybridized carbons (Fsp3) is 0.412. The zero-order valence-corrected chi connectivity index (χ0v) is 26.9. The van der Waals surface area contributed by atoms with Crippen LogP contribution in [0.15, 0.2) is 77.7 Å². The summed E-state index contributed by atoms with van der Waals surface area (Å²) in [7, 11) is 4.14. The Balaban J connectivity index is 0.00000207. The first kappa shape index (κ1) is 32.2. The van der Waals surface area contributed by atoms with E-state index in [1.165, 1.54) is 16.3 Å². The van der Waals surface area contributed by atoms with Crippen LogP contribution in [0.3, 0.4) is 0 Å². The van der Waals surface area contributed by atoms with Gasteiger partial charge in [0, 0.05) is 75.2 Å². The van der Waals surface area contributed by atoms with Crippen molar-refractivity contribution in [2.24, 2.45) is 0 Å². The van der Waals surface area contributed by atoms with E-state index < -0.39 is 12.0 Å². The average Bonchev–Trinajstić information content (AvgIpc) is 3.46. The normalized spacial score (nSPS) is 15.2. The third kappa shape index (κ3) is 8.45. The highest BCUT2D eigenvalue weighted by atomic mass is 32.2. The molecule has 0 spiro atoms. The summed E-state index contributed by atoms with van der Waals surface area (Å²) >= 11 is 1.78. The van der Waals surface area contributed by atoms with E-state index >= 15 is 0 Å². The minimum absolute atomic E-state index is 0.270. The molecule has 3 aromatic rings. The first-order valence-corrected chi connectivity index (χ1v) is 16.1. The van der Waals surface area contributed by atoms with Gasteiger partial charge in [0.15, 0.2) is 0 Å². The molecule has 1 unspecified atom stereocenters. The number of esters is 1. The predicted molar refractivity (Wildman–Crippen MR) is 178 cm³/mol. The van der Waals surface area contributed by atoms with Crippen LogP contribution in [-0.2, 0) is 22.4 Å². The zero-order valence-electron chi connectivity index (χ0n) is 26.1. The predicted octanol–water partition coefficient (Wildman–Crippen LogP) is 5.85. The van der Waals surface area contributed by atoms with E-state index in [4.69, 9.17) is 4.74 Å². The van der Waals surface area contributed by atoms with Crippen LogP contribution in [0.1, 0.15) is 31.9 Å². The maximum absolute atomic E-state index is 13.3. The van der Waals surface area contributed by atoms with Crippen molar-refractivity contribution in [2.45, 2.75) is 44.6 Å². The minimum atomic E-state index is -0.743. The van der Waals surface area contributed by atoms with Gasteiger partial charge in [-0.15, -0.1) is 0 Å². The van der Waals surface area contributed by atoms with Crippen LogP contribution in [-0.4, -0.2) is 75.8 Å². The molecule has 5 rings (SSSR count). The van der Waals surface area contributed by atoms with E-state index in [1.807, 2.05) is 50.2 Å². The fourth-order valence-corrected chi connectivity index (χ4v) is 6.28. The van der Waals surface area contributed by atoms with E-state index in [1.54, 1.807) is 23.8 Å². The van der Waals surface area contributed by atoms with Gasteiger partial charge in [-0.1, -0.05) is 50.2 Å². The van der Waals surface area contributed by atoms with Gasteiger partial charge >= 0.3 is 12.0 Å². The molecule has 0 aromatic heterocycles. The molecular weight excluding hydrogens is 558 g/mol. The van der Waals surface area contributed by atoms with Gasteiger partial charge in [-0.25, -0.2) is 13.9 Å². The largest absolute Gasteiger partial charge is 0.464 e. The van der Waals surface area contributed by atoms with Gasteiger partial charge in [0.1, 0.15) is 6.04 Å². The number of amides is 2. The Hall–Kier alpha value is -3.69. The molecule has 9 heteroatoms. The molecule has 8 nitrogen and oxygen atoms in total. The highest BCUT2D eigenvalue weighted by Crippen LogP contribution is 2.34. The van der Waals surface area contributed by atoms with Crippen LogP contribution in [0.25, 0.3) is 0 Å². The molecule has 0 aliphatic carbocycles. The van der Waals surface area contributed by atoms with Gasteiger partial charge in [0.05, 0.1) is 6.61 Å². The van der Waals surface area contributed by atoms with Crippen molar-refractivity contribution in [3.05, 3.63) is 83.9 Å². The van der Waals surface area contributed by atoms with E-state index in [9.17, 15) is 9.59 Å². The van der Waals surface area contributed by atoms with Crippen molar-refractivity contribution in [1.82, 2.24) is 9.62 Å². The number of hydrogen-bond donors (Lipinski definition) is 1. The summed E-state index contributed by atoms with van der Waals surface area (Å²) in [5.41, 5.74) is 5.51. The average molecular weight is 604 g/mol. The lowest BCUT2D eigenvalue weighted by Gasteiger charge is -2.35. The molecule has 1 N–H and O–H groups in total. The standard InChI is InChI=1S/C32H39N5O3S.C2H6/c1-4-40-31(38)29(21-24-9-6-5-7-10-24)33-32(39)37-16-15-25-22-28(13-14-30(25)37)41-36-19-17-35(18-20-36)27-12-8-11-26(23-27)34(2)3;1-2/h5-14,22-23,29H,4,15-21H2,1-3H3,(H,33,39);1-2H3. The van der Waals surface area contributed by atoms with Crippen molar-refractivity contribution in [3.8, 4) is 0 Å². The lowest BCUT2D eigenvalue weighted by Crippen LogP contribution is -2.49. The van der Waals surface area contributed by atoms with Gasteiger partial charge in [-0.3, -0.25) is 4.90 Å². The second kappa shape index (κ2) is 15.7. The molecule has 0 saturated carbocycles. The van der Waals surface area contributed by atoms with Gasteiger partial charge in [0.2, 0.25) is 0 Å². The zero-order chi connectivity index (χ0) is 30.8. The molecule has 0 bridgehead atoms. The Morgan fingerprint density at radius 3 is 2.37 bits per heavy atom. The number of piperazine rings is 1. The summed E-state index contributed by atoms with van der Waals surface area (Å²) in [5.74, 6) is -0.415. The van der Waals surface area contributed by atoms with Gasteiger partial charge in [-0.05, 0) is 72.8 Å². The smallest absolute Gasteiger partial charge is 0.329 e. The van der Waals surface area contributed by atoms with Crippen LogP contribution in [0.4, 0.5) is 21.9 Å². The molecule has 230 valence electrons. The second-order valence-corrected chi connectivity index (χ2v) is 11.7. The number of fused-ring (bicyclic) bond motifs is 1. The molecule has 2 aliphatic heterocycles. The Morgan fingerprint density at radius 2 is 1.67 bits per heavy atom. The monoisotopic (exact) mass is 603 g/mol. The maximum Gasteiger partial charge on any atom is 0.329 e. The minimum Gasteiger partial charge on any atom is -0.464 e. The highest BCUT2D eigenvalue weighted by molar-refractivity contribution is 7.97. The molecule has 2 heterocycles. The number of anilines is 3. The Morgan fingerprint density at radius 1 is 0.930 bits per heavy atom. The molecule has 1 atom stereocenters. The van der Waals surface area contributed by atoms with Gasteiger partial charge in [-0.2, -0.15) is 0 Å². The Labute approximate surface area is 261 Å². The van der Waals surface area contributed by atoms with Crippen LogP contribution in [0.5, 0.6) is 0 Å². The number of nitrogens with zero attached hydrogens (tertiary/aromatic N) is 4. The number of carbonyl (C=O) groups is 2. The molecule has 3 aromatic carbocycles. The van der Waals surface area contributed by atoms with E-state index in [0.29, 0.717) is 13.0 Å². The lowest BCUT2D eigenvalue weighted by atomic mass is 10.1. The third-order valence-corrected chi connectivity index (χ3v) is 8.62. The van der Waals surface area contributed by atoms with Gasteiger partial charge < -0.3 is 19.9 Å². The molecule has 1 saturated heterocycles. The number of ether oxygens (including phenoxy) is 1. The number of urea groups is 1. The van der Waals surface area contributed by atoms with E-state index in [-0.39, 0.29) is 12.6 Å². The number of nitrogens with one attached hydrogen (secondary N) is 1. The molecule has 2 amide bonds. The molecule has 2 aliphatic rings. The topological polar surface area (TPSA) is 68.4 Å². The van der Waals surface area contributed by atoms with Crippen LogP contribution in [0.2, 0.25) is 0 Å². The van der Waals surface area contributed by atoms with Crippen molar-refractivity contribution in [2.75, 3.05) is 68.1 Å². The number of benzene rings is 3. The van der Waals surface area contributed by atoms with E-state index in [0.717, 1.165) is 49.4 Å². The van der Waals surface area contributed by atoms with Crippen molar-refractivity contribution >= 4 is 41.0 Å². The van der Waals surface area contributed by atoms with Crippen LogP contribution < -0.4 is 20.0 Å². The Bertz CT molecular complexity index is 1340. The highest BCUT2D eigenvalue weighted by Gasteiger charge is 2.30. The summed E-state index contributed by atoms with van der Waals surface area (Å²) in [4.78, 5) is 33.5. The van der Waals surface area contributed by atoms with Crippen LogP contribution in [0, 0.1) is 0 Å². The van der Waals surface area contributed by atoms with Crippen molar-refractivity contribution < 1.29 is 14.3 Å². The molecular formula is C34H45N5O3S. The number of rotatable bonds is 9. The maximum atomic E-state index is 13.3. The molecule has 0 radical (unpaired) electrons. The SMILES string of the molecule is CC.CCOC(=O)C(Cc1ccccc1)NC(=O)N1CCc2cc(SN3CCN(c4cccc(N(C)C)c4)CC3)ccc21. The third-order valence-electron chi connectivity index (χ3n) is 7.53. The number of hydrogen-bond acceptors (Lipinski definition) is 7. The second-order valence-electron chi connectivity index (χ2n) is 10.6. The summed E-state index contributed by atoms with van der Waals surface area (Å²) in [6.07, 6.45) is 1.17. The first-order chi connectivity index (χ1) is 20.9. The summed E-state index contributed by atoms with van der Waals surface area (Å²) < 4.78 is 7.68. The number of carbonyl (C=O) groups excluding carboxylic acids is 2. The molecule has 43 heavy (non-hydrogen) atoms.